The number of Topliss-reactive ketones (excluding diaryl/α,β-unsaturated/α-hetero) is 1. The van der Waals surface area contributed by atoms with E-state index in [0.717, 1.165) is 22.3 Å². The number of likely N-dealkylation sites (N-methyl/N-ethyl adjacent to an activating group) is 3. The van der Waals surface area contributed by atoms with Gasteiger partial charge >= 0.3 is 11.9 Å². The molecule has 3 rings (SSSR count). The molecule has 11 heteroatoms. The fraction of sp³-hybridized carbons (Fsp3) is 0.500. The van der Waals surface area contributed by atoms with Crippen molar-refractivity contribution in [2.24, 2.45) is 17.8 Å². The summed E-state index contributed by atoms with van der Waals surface area (Å²) in [5, 5.41) is 9.95. The Balaban J connectivity index is 1.93. The fourth-order valence-electron chi connectivity index (χ4n) is 6.79. The molecule has 11 nitrogen and oxygen atoms in total. The van der Waals surface area contributed by atoms with Gasteiger partial charge in [0.1, 0.15) is 23.9 Å². The maximum Gasteiger partial charge on any atom is 0.328 e. The van der Waals surface area contributed by atoms with Crippen LogP contribution < -0.4 is 0 Å². The van der Waals surface area contributed by atoms with Gasteiger partial charge in [0.2, 0.25) is 11.8 Å². The number of phenols is 1. The number of ether oxygens (including phenoxy) is 2. The van der Waals surface area contributed by atoms with Crippen molar-refractivity contribution in [2.45, 2.75) is 97.9 Å². The number of carbonyl (C=O) groups excluding carboxylic acids is 5. The molecule has 57 heavy (non-hydrogen) atoms. The van der Waals surface area contributed by atoms with E-state index in [2.05, 4.69) is 0 Å². The van der Waals surface area contributed by atoms with Gasteiger partial charge in [0.05, 0.1) is 7.11 Å². The summed E-state index contributed by atoms with van der Waals surface area (Å²) in [6.07, 6.45) is -0.0562. The highest BCUT2D eigenvalue weighted by atomic mass is 16.5. The minimum Gasteiger partial charge on any atom is -0.508 e. The number of hydrogen-bond acceptors (Lipinski definition) is 9. The minimum absolute atomic E-state index is 0.0500. The SMILES string of the molecule is CC[C@H](C)[C@@H](OC(=O)[C@H](Cc1ccc(C)cc1)N(C)C)C(=O)C[C@H](C(=O)N(C)[C@@H](Cc1ccc(O)cc1)C(=O)N(C)[C@H](Cc1ccc(C)cc1)C(=O)OC)C(C)C. The molecule has 0 aliphatic carbocycles. The van der Waals surface area contributed by atoms with Gasteiger partial charge in [-0.25, -0.2) is 4.79 Å². The first-order valence-electron chi connectivity index (χ1n) is 19.8. The molecule has 0 bridgehead atoms. The van der Waals surface area contributed by atoms with Gasteiger partial charge in [0, 0.05) is 45.2 Å². The zero-order valence-corrected chi connectivity index (χ0v) is 35.7. The number of hydrogen-bond donors (Lipinski definition) is 1. The number of methoxy groups -OCH3 is 1. The summed E-state index contributed by atoms with van der Waals surface area (Å²) >= 11 is 0. The summed E-state index contributed by atoms with van der Waals surface area (Å²) in [4.78, 5) is 74.7. The molecule has 0 spiro atoms. The molecule has 0 radical (unpaired) electrons. The van der Waals surface area contributed by atoms with E-state index >= 15 is 0 Å². The molecule has 0 aromatic heterocycles. The Morgan fingerprint density at radius 1 is 0.632 bits per heavy atom. The van der Waals surface area contributed by atoms with E-state index in [1.807, 2.05) is 90.1 Å². The van der Waals surface area contributed by atoms with Crippen molar-refractivity contribution in [1.29, 1.82) is 0 Å². The largest absolute Gasteiger partial charge is 0.508 e. The fourth-order valence-corrected chi connectivity index (χ4v) is 6.79. The molecule has 1 N–H and O–H groups in total. The molecule has 0 fully saturated rings. The average molecular weight is 786 g/mol. The monoisotopic (exact) mass is 785 g/mol. The number of nitrogens with zero attached hydrogens (tertiary/aromatic N) is 3. The van der Waals surface area contributed by atoms with Gasteiger partial charge in [-0.3, -0.25) is 24.1 Å². The van der Waals surface area contributed by atoms with Gasteiger partial charge < -0.3 is 24.4 Å². The number of phenolic OH excluding ortho intramolecular Hbond substituents is 1. The first kappa shape index (κ1) is 46.4. The van der Waals surface area contributed by atoms with Crippen LogP contribution in [0.1, 0.15) is 68.4 Å². The van der Waals surface area contributed by atoms with Crippen molar-refractivity contribution in [3.8, 4) is 5.75 Å². The van der Waals surface area contributed by atoms with Crippen molar-refractivity contribution in [3.63, 3.8) is 0 Å². The van der Waals surface area contributed by atoms with Crippen molar-refractivity contribution < 1.29 is 38.6 Å². The number of esters is 2. The molecule has 2 amide bonds. The molecule has 0 saturated carbocycles. The van der Waals surface area contributed by atoms with E-state index in [9.17, 15) is 29.1 Å². The van der Waals surface area contributed by atoms with Crippen LogP contribution in [0.4, 0.5) is 0 Å². The average Bonchev–Trinajstić information content (AvgIpc) is 3.19. The van der Waals surface area contributed by atoms with E-state index in [-0.39, 0.29) is 42.6 Å². The van der Waals surface area contributed by atoms with Crippen molar-refractivity contribution in [2.75, 3.05) is 35.3 Å². The second kappa shape index (κ2) is 21.5. The van der Waals surface area contributed by atoms with E-state index in [1.165, 1.54) is 43.1 Å². The smallest absolute Gasteiger partial charge is 0.328 e. The van der Waals surface area contributed by atoms with E-state index in [4.69, 9.17) is 9.47 Å². The molecule has 0 unspecified atom stereocenters. The lowest BCUT2D eigenvalue weighted by Gasteiger charge is -2.36. The summed E-state index contributed by atoms with van der Waals surface area (Å²) in [5.74, 6) is -3.85. The van der Waals surface area contributed by atoms with E-state index in [1.54, 1.807) is 31.1 Å². The highest BCUT2D eigenvalue weighted by Crippen LogP contribution is 2.26. The van der Waals surface area contributed by atoms with Crippen molar-refractivity contribution in [3.05, 3.63) is 101 Å². The summed E-state index contributed by atoms with van der Waals surface area (Å²) < 4.78 is 11.2. The minimum atomic E-state index is -1.08. The van der Waals surface area contributed by atoms with E-state index < -0.39 is 53.9 Å². The van der Waals surface area contributed by atoms with Crippen LogP contribution in [0, 0.1) is 31.6 Å². The van der Waals surface area contributed by atoms with Crippen LogP contribution in [-0.2, 0) is 52.7 Å². The normalized spacial score (nSPS) is 14.5. The molecule has 310 valence electrons. The standard InChI is InChI=1S/C46H63N3O8/c1-12-32(6)42(57-46(55)39(47(7)8)26-33-17-13-30(4)14-18-33)41(51)28-37(29(2)3)43(52)48(9)38(25-35-21-23-36(50)24-22-35)44(53)49(10)40(45(54)56-11)27-34-19-15-31(5)16-20-34/h13-24,29,32,37-40,42,50H,12,25-28H2,1-11H3/t32-,37-,38-,39-,40+,42+/m0/s1. The van der Waals surface area contributed by atoms with Crippen LogP contribution in [0.2, 0.25) is 0 Å². The molecule has 0 saturated heterocycles. The summed E-state index contributed by atoms with van der Waals surface area (Å²) in [7, 11) is 7.92. The quantitative estimate of drug-likeness (QED) is 0.137. The van der Waals surface area contributed by atoms with Crippen LogP contribution in [0.25, 0.3) is 0 Å². The lowest BCUT2D eigenvalue weighted by Crippen LogP contribution is -2.55. The van der Waals surface area contributed by atoms with Gasteiger partial charge in [-0.2, -0.15) is 0 Å². The van der Waals surface area contributed by atoms with Crippen LogP contribution in [0.15, 0.2) is 72.8 Å². The van der Waals surface area contributed by atoms with Crippen LogP contribution in [-0.4, -0.2) is 109 Å². The predicted octanol–water partition coefficient (Wildman–Crippen LogP) is 5.98. The highest BCUT2D eigenvalue weighted by Gasteiger charge is 2.40. The predicted molar refractivity (Wildman–Crippen MR) is 221 cm³/mol. The number of rotatable bonds is 20. The first-order chi connectivity index (χ1) is 26.9. The third-order valence-electron chi connectivity index (χ3n) is 11.0. The number of carbonyl (C=O) groups is 5. The van der Waals surface area contributed by atoms with Crippen molar-refractivity contribution >= 4 is 29.5 Å². The molecule has 0 heterocycles. The Bertz CT molecular complexity index is 1790. The maximum atomic E-state index is 14.6. The molecule has 0 aliphatic rings. The lowest BCUT2D eigenvalue weighted by molar-refractivity contribution is -0.163. The van der Waals surface area contributed by atoms with Gasteiger partial charge in [-0.1, -0.05) is 99.5 Å². The zero-order chi connectivity index (χ0) is 42.6. The summed E-state index contributed by atoms with van der Waals surface area (Å²) in [5.41, 5.74) is 4.63. The second-order valence-electron chi connectivity index (χ2n) is 15.9. The van der Waals surface area contributed by atoms with Gasteiger partial charge in [0.25, 0.3) is 0 Å². The van der Waals surface area contributed by atoms with Gasteiger partial charge in [0.15, 0.2) is 11.9 Å². The van der Waals surface area contributed by atoms with Crippen LogP contribution in [0.5, 0.6) is 5.75 Å². The molecular formula is C46H63N3O8. The molecular weight excluding hydrogens is 723 g/mol. The van der Waals surface area contributed by atoms with Crippen molar-refractivity contribution in [1.82, 2.24) is 14.7 Å². The Labute approximate surface area is 339 Å². The number of benzene rings is 3. The number of aromatic hydroxyl groups is 1. The molecule has 3 aromatic rings. The Morgan fingerprint density at radius 3 is 1.51 bits per heavy atom. The Morgan fingerprint density at radius 2 is 1.07 bits per heavy atom. The lowest BCUT2D eigenvalue weighted by atomic mass is 9.85. The molecule has 6 atom stereocenters. The maximum absolute atomic E-state index is 14.6. The third kappa shape index (κ3) is 13.0. The number of ketones is 1. The topological polar surface area (TPSA) is 134 Å². The summed E-state index contributed by atoms with van der Waals surface area (Å²) in [6, 6.07) is 19.2. The van der Waals surface area contributed by atoms with Crippen LogP contribution in [0.3, 0.4) is 0 Å². The Hall–Kier alpha value is -5.03. The first-order valence-corrected chi connectivity index (χ1v) is 19.8. The van der Waals surface area contributed by atoms with Crippen LogP contribution >= 0.6 is 0 Å². The zero-order valence-electron chi connectivity index (χ0n) is 35.7. The molecule has 3 aromatic carbocycles. The second-order valence-corrected chi connectivity index (χ2v) is 15.9. The van der Waals surface area contributed by atoms with Gasteiger partial charge in [-0.15, -0.1) is 0 Å². The number of amides is 2. The highest BCUT2D eigenvalue weighted by molar-refractivity contribution is 5.94. The molecule has 0 aliphatic heterocycles. The Kier molecular flexibility index (Phi) is 17.5. The third-order valence-corrected chi connectivity index (χ3v) is 11.0. The van der Waals surface area contributed by atoms with Gasteiger partial charge in [-0.05, 0) is 75.5 Å². The van der Waals surface area contributed by atoms with E-state index in [0.29, 0.717) is 18.4 Å². The summed E-state index contributed by atoms with van der Waals surface area (Å²) in [6.45, 7) is 11.4. The number of aryl methyl sites for hydroxylation is 2.